The first-order chi connectivity index (χ1) is 22.3. The van der Waals surface area contributed by atoms with Crippen molar-refractivity contribution in [3.63, 3.8) is 0 Å². The first-order valence-corrected chi connectivity index (χ1v) is 17.4. The molecular weight excluding hydrogens is 600 g/mol. The molecule has 4 aliphatic rings. The first-order valence-electron chi connectivity index (χ1n) is 17.4. The van der Waals surface area contributed by atoms with Crippen molar-refractivity contribution < 1.29 is 28.6 Å². The second kappa shape index (κ2) is 14.1. The minimum atomic E-state index is -0.973. The number of carbonyl (C=O) groups is 3. The minimum Gasteiger partial charge on any atom is -0.474 e. The molecule has 0 bridgehead atoms. The minimum absolute atomic E-state index is 0.0365. The fourth-order valence-corrected chi connectivity index (χ4v) is 7.33. The van der Waals surface area contributed by atoms with Gasteiger partial charge in [0.2, 0.25) is 5.88 Å². The van der Waals surface area contributed by atoms with Gasteiger partial charge in [-0.2, -0.15) is 4.98 Å². The third-order valence-electron chi connectivity index (χ3n) is 10.3. The van der Waals surface area contributed by atoms with E-state index >= 15 is 0 Å². The molecule has 3 atom stereocenters. The van der Waals surface area contributed by atoms with Crippen molar-refractivity contribution in [3.05, 3.63) is 17.5 Å². The highest BCUT2D eigenvalue weighted by atomic mass is 16.6. The summed E-state index contributed by atoms with van der Waals surface area (Å²) in [7, 11) is 1.95. The van der Waals surface area contributed by atoms with E-state index in [-0.39, 0.29) is 41.2 Å². The van der Waals surface area contributed by atoms with Crippen molar-refractivity contribution >= 4 is 29.2 Å². The molecule has 0 radical (unpaired) electrons. The fourth-order valence-electron chi connectivity index (χ4n) is 7.33. The van der Waals surface area contributed by atoms with E-state index in [1.807, 2.05) is 40.8 Å². The van der Waals surface area contributed by atoms with Crippen LogP contribution >= 0.6 is 0 Å². The lowest BCUT2D eigenvalue weighted by molar-refractivity contribution is -0.143. The topological polar surface area (TPSA) is 149 Å². The quantitative estimate of drug-likeness (QED) is 0.224. The number of nitrogens with two attached hydrogens (primary N) is 1. The van der Waals surface area contributed by atoms with Gasteiger partial charge in [-0.15, -0.1) is 0 Å². The van der Waals surface area contributed by atoms with Crippen LogP contribution in [0.15, 0.2) is 11.6 Å². The molecule has 1 aromatic heterocycles. The van der Waals surface area contributed by atoms with Gasteiger partial charge in [0, 0.05) is 37.7 Å². The lowest BCUT2D eigenvalue weighted by Crippen LogP contribution is -2.73. The zero-order chi connectivity index (χ0) is 34.0. The SMILES string of the molecule is CNCCC[C@H](C)[C@H](C)Oc1cc(N2CCN(C(=O)OC(C)(C)C)C3(COC3)C2)nc(C(N)=C2CCC[C@@]3(CCCCC3=O)C2=O)n1. The Labute approximate surface area is 279 Å². The summed E-state index contributed by atoms with van der Waals surface area (Å²) in [6.45, 7) is 12.9. The molecule has 1 aromatic rings. The van der Waals surface area contributed by atoms with Crippen LogP contribution in [0.3, 0.4) is 0 Å². The molecule has 0 aromatic carbocycles. The van der Waals surface area contributed by atoms with Gasteiger partial charge in [-0.1, -0.05) is 13.3 Å². The number of Topliss-reactive ketones (excluding diaryl/α,β-unsaturated/α-hetero) is 2. The summed E-state index contributed by atoms with van der Waals surface area (Å²) in [5, 5.41) is 3.20. The van der Waals surface area contributed by atoms with Crippen molar-refractivity contribution in [1.29, 1.82) is 0 Å². The van der Waals surface area contributed by atoms with Crippen LogP contribution in [-0.2, 0) is 19.1 Å². The number of ketones is 2. The number of hydrogen-bond donors (Lipinski definition) is 2. The maximum Gasteiger partial charge on any atom is 0.411 e. The average molecular weight is 655 g/mol. The van der Waals surface area contributed by atoms with E-state index in [0.717, 1.165) is 32.2 Å². The van der Waals surface area contributed by atoms with Crippen LogP contribution in [0.25, 0.3) is 5.70 Å². The normalized spacial score (nSPS) is 25.4. The summed E-state index contributed by atoms with van der Waals surface area (Å²) in [6, 6.07) is 1.82. The Morgan fingerprint density at radius 2 is 1.85 bits per heavy atom. The Morgan fingerprint density at radius 3 is 2.51 bits per heavy atom. The number of nitrogens with zero attached hydrogens (tertiary/aromatic N) is 4. The molecule has 2 saturated carbocycles. The van der Waals surface area contributed by atoms with Crippen LogP contribution in [0.2, 0.25) is 0 Å². The van der Waals surface area contributed by atoms with Gasteiger partial charge in [-0.25, -0.2) is 9.78 Å². The number of piperazine rings is 1. The molecular formula is C35H54N6O6. The highest BCUT2D eigenvalue weighted by Gasteiger charge is 2.52. The van der Waals surface area contributed by atoms with E-state index in [2.05, 4.69) is 17.1 Å². The number of amides is 1. The number of hydrogen-bond acceptors (Lipinski definition) is 11. The molecule has 12 nitrogen and oxygen atoms in total. The smallest absolute Gasteiger partial charge is 0.411 e. The molecule has 0 unspecified atom stereocenters. The molecule has 2 spiro atoms. The maximum atomic E-state index is 14.0. The number of rotatable bonds is 9. The molecule has 3 heterocycles. The van der Waals surface area contributed by atoms with Gasteiger partial charge in [0.15, 0.2) is 11.6 Å². The monoisotopic (exact) mass is 654 g/mol. The molecule has 4 fully saturated rings. The summed E-state index contributed by atoms with van der Waals surface area (Å²) >= 11 is 0. The Hall–Kier alpha value is -3.25. The summed E-state index contributed by atoms with van der Waals surface area (Å²) in [6.07, 6.45) is 6.00. The number of carbonyl (C=O) groups excluding carboxylic acids is 3. The predicted molar refractivity (Wildman–Crippen MR) is 179 cm³/mol. The number of aromatic nitrogens is 2. The molecule has 2 aliphatic carbocycles. The van der Waals surface area contributed by atoms with Gasteiger partial charge in [0.1, 0.15) is 28.8 Å². The Balaban J connectivity index is 1.47. The van der Waals surface area contributed by atoms with Gasteiger partial charge in [0.05, 0.1) is 24.3 Å². The van der Waals surface area contributed by atoms with Crippen LogP contribution in [0.5, 0.6) is 5.88 Å². The summed E-state index contributed by atoms with van der Waals surface area (Å²) in [5.74, 6) is 1.35. The van der Waals surface area contributed by atoms with E-state index in [4.69, 9.17) is 29.9 Å². The third kappa shape index (κ3) is 7.43. The predicted octanol–water partition coefficient (Wildman–Crippen LogP) is 4.26. The fraction of sp³-hybridized carbons (Fsp3) is 0.743. The van der Waals surface area contributed by atoms with Crippen LogP contribution in [0.4, 0.5) is 10.6 Å². The van der Waals surface area contributed by atoms with Gasteiger partial charge < -0.3 is 30.2 Å². The largest absolute Gasteiger partial charge is 0.474 e. The van der Waals surface area contributed by atoms with Gasteiger partial charge >= 0.3 is 6.09 Å². The highest BCUT2D eigenvalue weighted by Crippen LogP contribution is 2.46. The van der Waals surface area contributed by atoms with Crippen LogP contribution in [-0.4, -0.2) is 96.2 Å². The van der Waals surface area contributed by atoms with Crippen molar-refractivity contribution in [2.24, 2.45) is 17.1 Å². The molecule has 260 valence electrons. The third-order valence-corrected chi connectivity index (χ3v) is 10.3. The zero-order valence-corrected chi connectivity index (χ0v) is 29.2. The standard InChI is InChI=1S/C35H54N6O6/c1-23(11-10-16-37-6)24(2)46-28-19-27(40-17-18-41(32(44)47-33(3,4)5)34(20-40)21-45-22-34)38-31(39-28)29(36)25-12-9-15-35(30(25)43)14-8-7-13-26(35)42/h19,23-24,37H,7-18,20-22,36H2,1-6H3/t23-,24-,35+/m0/s1. The summed E-state index contributed by atoms with van der Waals surface area (Å²) in [5.41, 5.74) is 5.31. The number of allylic oxidation sites excluding steroid dienone is 1. The van der Waals surface area contributed by atoms with Gasteiger partial charge in [-0.3, -0.25) is 14.5 Å². The molecule has 3 N–H and O–H groups in total. The lowest BCUT2D eigenvalue weighted by Gasteiger charge is -2.54. The lowest BCUT2D eigenvalue weighted by atomic mass is 9.62. The van der Waals surface area contributed by atoms with Crippen molar-refractivity contribution in [1.82, 2.24) is 20.2 Å². The molecule has 2 saturated heterocycles. The van der Waals surface area contributed by atoms with Crippen LogP contribution in [0.1, 0.15) is 98.2 Å². The van der Waals surface area contributed by atoms with E-state index < -0.39 is 16.6 Å². The molecule has 5 rings (SSSR count). The highest BCUT2D eigenvalue weighted by molar-refractivity contribution is 6.17. The zero-order valence-electron chi connectivity index (χ0n) is 29.2. The average Bonchev–Trinajstić information content (AvgIpc) is 3.01. The second-order valence-corrected chi connectivity index (χ2v) is 15.0. The van der Waals surface area contributed by atoms with E-state index in [9.17, 15) is 14.4 Å². The second-order valence-electron chi connectivity index (χ2n) is 15.0. The van der Waals surface area contributed by atoms with Gasteiger partial charge in [-0.05, 0) is 92.2 Å². The van der Waals surface area contributed by atoms with Gasteiger partial charge in [0.25, 0.3) is 0 Å². The van der Waals surface area contributed by atoms with Crippen LogP contribution < -0.4 is 20.7 Å². The number of ether oxygens (including phenoxy) is 3. The maximum absolute atomic E-state index is 14.0. The van der Waals surface area contributed by atoms with E-state index in [0.29, 0.717) is 82.2 Å². The van der Waals surface area contributed by atoms with E-state index in [1.165, 1.54) is 0 Å². The molecule has 12 heteroatoms. The Morgan fingerprint density at radius 1 is 1.11 bits per heavy atom. The summed E-state index contributed by atoms with van der Waals surface area (Å²) < 4.78 is 17.8. The Kier molecular flexibility index (Phi) is 10.5. The van der Waals surface area contributed by atoms with Crippen molar-refractivity contribution in [2.75, 3.05) is 51.3 Å². The number of anilines is 1. The molecule has 1 amide bonds. The number of nitrogens with one attached hydrogen (secondary N) is 1. The van der Waals surface area contributed by atoms with Crippen LogP contribution in [0, 0.1) is 11.3 Å². The van der Waals surface area contributed by atoms with Crippen molar-refractivity contribution in [2.45, 2.75) is 110 Å². The summed E-state index contributed by atoms with van der Waals surface area (Å²) in [4.78, 5) is 53.9. The molecule has 2 aliphatic heterocycles. The van der Waals surface area contributed by atoms with Crippen molar-refractivity contribution in [3.8, 4) is 5.88 Å². The molecule has 47 heavy (non-hydrogen) atoms. The Bertz CT molecular complexity index is 1370. The van der Waals surface area contributed by atoms with E-state index in [1.54, 1.807) is 4.90 Å². The first kappa shape index (κ1) is 35.1.